The molecule has 90 valence electrons. The van der Waals surface area contributed by atoms with Crippen LogP contribution in [0.2, 0.25) is 5.02 Å². The number of methoxy groups -OCH3 is 1. The van der Waals surface area contributed by atoms with Crippen molar-refractivity contribution in [2.45, 2.75) is 12.8 Å². The average Bonchev–Trinajstić information content (AvgIpc) is 2.28. The number of hydrogen-bond acceptors (Lipinski definition) is 4. The molecule has 2 N–H and O–H groups in total. The molecule has 0 atom stereocenters. The minimum Gasteiger partial charge on any atom is -0.383 e. The van der Waals surface area contributed by atoms with Crippen molar-refractivity contribution in [3.05, 3.63) is 22.8 Å². The Balaban J connectivity index is 2.23. The van der Waals surface area contributed by atoms with E-state index in [0.29, 0.717) is 30.7 Å². The van der Waals surface area contributed by atoms with Crippen LogP contribution < -0.4 is 5.73 Å². The lowest BCUT2D eigenvalue weighted by molar-refractivity contribution is 0.0695. The number of aromatic nitrogens is 1. The molecule has 0 bridgehead atoms. The van der Waals surface area contributed by atoms with Crippen molar-refractivity contribution in [1.29, 1.82) is 0 Å². The molecule has 0 saturated heterocycles. The molecule has 4 nitrogen and oxygen atoms in total. The molecular weight excluding hydrogens is 228 g/mol. The van der Waals surface area contributed by atoms with Crippen molar-refractivity contribution in [3.63, 3.8) is 0 Å². The summed E-state index contributed by atoms with van der Waals surface area (Å²) in [5.41, 5.74) is 6.70. The summed E-state index contributed by atoms with van der Waals surface area (Å²) in [6.45, 7) is 1.94. The predicted octanol–water partition coefficient (Wildman–Crippen LogP) is 1.91. The summed E-state index contributed by atoms with van der Waals surface area (Å²) >= 11 is 5.83. The number of pyridine rings is 1. The second-order valence-corrected chi connectivity index (χ2v) is 3.84. The number of ether oxygens (including phenoxy) is 2. The Morgan fingerprint density at radius 2 is 2.19 bits per heavy atom. The molecule has 0 aliphatic heterocycles. The number of halogens is 1. The quantitative estimate of drug-likeness (QED) is 0.745. The van der Waals surface area contributed by atoms with E-state index in [9.17, 15) is 0 Å². The summed E-state index contributed by atoms with van der Waals surface area (Å²) in [6.07, 6.45) is 3.28. The van der Waals surface area contributed by atoms with Crippen LogP contribution in [0.5, 0.6) is 0 Å². The number of hydrogen-bond donors (Lipinski definition) is 1. The zero-order valence-corrected chi connectivity index (χ0v) is 10.2. The highest BCUT2D eigenvalue weighted by molar-refractivity contribution is 6.30. The fourth-order valence-electron chi connectivity index (χ4n) is 1.30. The normalized spacial score (nSPS) is 10.6. The second kappa shape index (κ2) is 7.44. The Morgan fingerprint density at radius 1 is 1.38 bits per heavy atom. The number of nitrogens with two attached hydrogens (primary N) is 1. The van der Waals surface area contributed by atoms with Crippen LogP contribution in [-0.4, -0.2) is 31.9 Å². The third-order valence-corrected chi connectivity index (χ3v) is 2.34. The molecule has 16 heavy (non-hydrogen) atoms. The molecule has 0 amide bonds. The molecular formula is C11H17ClN2O2. The van der Waals surface area contributed by atoms with E-state index in [1.165, 1.54) is 0 Å². The van der Waals surface area contributed by atoms with Crippen molar-refractivity contribution < 1.29 is 9.47 Å². The first-order valence-electron chi connectivity index (χ1n) is 5.20. The van der Waals surface area contributed by atoms with Gasteiger partial charge in [0.2, 0.25) is 0 Å². The monoisotopic (exact) mass is 244 g/mol. The molecule has 1 heterocycles. The van der Waals surface area contributed by atoms with E-state index in [-0.39, 0.29) is 0 Å². The molecule has 1 rings (SSSR count). The molecule has 0 aliphatic carbocycles. The Morgan fingerprint density at radius 3 is 2.94 bits per heavy atom. The van der Waals surface area contributed by atoms with Crippen LogP contribution in [0, 0.1) is 0 Å². The molecule has 0 aromatic carbocycles. The Labute approximate surface area is 101 Å². The van der Waals surface area contributed by atoms with Gasteiger partial charge < -0.3 is 15.2 Å². The van der Waals surface area contributed by atoms with Gasteiger partial charge >= 0.3 is 0 Å². The van der Waals surface area contributed by atoms with Gasteiger partial charge in [0, 0.05) is 19.9 Å². The number of rotatable bonds is 7. The van der Waals surface area contributed by atoms with Crippen molar-refractivity contribution in [2.75, 3.05) is 32.7 Å². The van der Waals surface area contributed by atoms with Gasteiger partial charge in [-0.05, 0) is 24.5 Å². The highest BCUT2D eigenvalue weighted by Gasteiger charge is 2.01. The smallest absolute Gasteiger partial charge is 0.126 e. The van der Waals surface area contributed by atoms with Gasteiger partial charge in [-0.25, -0.2) is 4.98 Å². The van der Waals surface area contributed by atoms with Gasteiger partial charge in [-0.15, -0.1) is 0 Å². The summed E-state index contributed by atoms with van der Waals surface area (Å²) < 4.78 is 10.2. The number of aryl methyl sites for hydroxylation is 1. The maximum absolute atomic E-state index is 5.83. The molecule has 0 saturated carbocycles. The number of anilines is 1. The topological polar surface area (TPSA) is 57.4 Å². The lowest BCUT2D eigenvalue weighted by Crippen LogP contribution is -2.05. The summed E-state index contributed by atoms with van der Waals surface area (Å²) in [4.78, 5) is 3.99. The summed E-state index contributed by atoms with van der Waals surface area (Å²) in [5.74, 6) is 0.543. The van der Waals surface area contributed by atoms with E-state index >= 15 is 0 Å². The highest BCUT2D eigenvalue weighted by Crippen LogP contribution is 2.16. The molecule has 5 heteroatoms. The Bertz CT molecular complexity index is 321. The summed E-state index contributed by atoms with van der Waals surface area (Å²) in [6, 6.07) is 1.85. The molecule has 0 radical (unpaired) electrons. The molecule has 0 aliphatic rings. The van der Waals surface area contributed by atoms with Crippen LogP contribution in [0.25, 0.3) is 0 Å². The minimum atomic E-state index is 0.543. The van der Waals surface area contributed by atoms with Crippen LogP contribution in [-0.2, 0) is 15.9 Å². The van der Waals surface area contributed by atoms with Crippen molar-refractivity contribution >= 4 is 17.4 Å². The Hall–Kier alpha value is -0.840. The number of nitrogens with zero attached hydrogens (tertiary/aromatic N) is 1. The van der Waals surface area contributed by atoms with E-state index in [2.05, 4.69) is 4.98 Å². The zero-order chi connectivity index (χ0) is 11.8. The average molecular weight is 245 g/mol. The maximum atomic E-state index is 5.83. The summed E-state index contributed by atoms with van der Waals surface area (Å²) in [5, 5.41) is 0.615. The highest BCUT2D eigenvalue weighted by atomic mass is 35.5. The van der Waals surface area contributed by atoms with E-state index < -0.39 is 0 Å². The third kappa shape index (κ3) is 4.79. The van der Waals surface area contributed by atoms with E-state index in [1.807, 2.05) is 6.07 Å². The van der Waals surface area contributed by atoms with Gasteiger partial charge in [0.1, 0.15) is 5.82 Å². The molecule has 0 unspecified atom stereocenters. The predicted molar refractivity (Wildman–Crippen MR) is 64.7 cm³/mol. The Kier molecular flexibility index (Phi) is 6.15. The SMILES string of the molecule is COCCOCCCc1cc(Cl)cnc1N. The zero-order valence-electron chi connectivity index (χ0n) is 9.41. The van der Waals surface area contributed by atoms with Crippen LogP contribution >= 0.6 is 11.6 Å². The first-order valence-corrected chi connectivity index (χ1v) is 5.58. The van der Waals surface area contributed by atoms with Gasteiger partial charge in [0.25, 0.3) is 0 Å². The van der Waals surface area contributed by atoms with Crippen LogP contribution in [0.4, 0.5) is 5.82 Å². The second-order valence-electron chi connectivity index (χ2n) is 3.41. The standard InChI is InChI=1S/C11H17ClN2O2/c1-15-5-6-16-4-2-3-9-7-10(12)8-14-11(9)13/h7-8H,2-6H2,1H3,(H2,13,14). The molecule has 0 fully saturated rings. The van der Waals surface area contributed by atoms with Gasteiger partial charge in [-0.1, -0.05) is 11.6 Å². The van der Waals surface area contributed by atoms with Crippen molar-refractivity contribution in [1.82, 2.24) is 4.98 Å². The number of nitrogen functional groups attached to an aromatic ring is 1. The van der Waals surface area contributed by atoms with Crippen LogP contribution in [0.3, 0.4) is 0 Å². The van der Waals surface area contributed by atoms with E-state index in [4.69, 9.17) is 26.8 Å². The third-order valence-electron chi connectivity index (χ3n) is 2.13. The lowest BCUT2D eigenvalue weighted by Gasteiger charge is -2.06. The molecule has 1 aromatic rings. The van der Waals surface area contributed by atoms with Crippen LogP contribution in [0.1, 0.15) is 12.0 Å². The lowest BCUT2D eigenvalue weighted by atomic mass is 10.1. The maximum Gasteiger partial charge on any atom is 0.126 e. The molecule has 1 aromatic heterocycles. The van der Waals surface area contributed by atoms with Crippen LogP contribution in [0.15, 0.2) is 12.3 Å². The van der Waals surface area contributed by atoms with Gasteiger partial charge in [0.05, 0.1) is 18.2 Å². The van der Waals surface area contributed by atoms with Crippen molar-refractivity contribution in [2.24, 2.45) is 0 Å². The fraction of sp³-hybridized carbons (Fsp3) is 0.545. The van der Waals surface area contributed by atoms with Gasteiger partial charge in [-0.2, -0.15) is 0 Å². The van der Waals surface area contributed by atoms with Gasteiger partial charge in [0.15, 0.2) is 0 Å². The van der Waals surface area contributed by atoms with Gasteiger partial charge in [-0.3, -0.25) is 0 Å². The largest absolute Gasteiger partial charge is 0.383 e. The van der Waals surface area contributed by atoms with Crippen molar-refractivity contribution in [3.8, 4) is 0 Å². The first-order chi connectivity index (χ1) is 7.74. The summed E-state index contributed by atoms with van der Waals surface area (Å²) in [7, 11) is 1.65. The van der Waals surface area contributed by atoms with E-state index in [1.54, 1.807) is 13.3 Å². The van der Waals surface area contributed by atoms with E-state index in [0.717, 1.165) is 18.4 Å². The minimum absolute atomic E-state index is 0.543. The molecule has 0 spiro atoms. The fourth-order valence-corrected chi connectivity index (χ4v) is 1.48. The first kappa shape index (κ1) is 13.2.